The fourth-order valence-electron chi connectivity index (χ4n) is 3.45. The fourth-order valence-corrected chi connectivity index (χ4v) is 3.45. The molecule has 1 saturated carbocycles. The maximum absolute atomic E-state index is 4.81. The summed E-state index contributed by atoms with van der Waals surface area (Å²) in [4.78, 5) is 9.92. The van der Waals surface area contributed by atoms with E-state index in [1.54, 1.807) is 0 Å². The van der Waals surface area contributed by atoms with Crippen molar-refractivity contribution in [2.24, 2.45) is 7.05 Å². The maximum Gasteiger partial charge on any atom is 0.206 e. The van der Waals surface area contributed by atoms with Gasteiger partial charge in [-0.15, -0.1) is 0 Å². The van der Waals surface area contributed by atoms with Gasteiger partial charge in [0.05, 0.1) is 11.0 Å². The highest BCUT2D eigenvalue weighted by Gasteiger charge is 2.29. The molecule has 0 bridgehead atoms. The predicted octanol–water partition coefficient (Wildman–Crippen LogP) is 2.25. The molecule has 0 amide bonds. The van der Waals surface area contributed by atoms with Crippen LogP contribution < -0.4 is 4.90 Å². The average molecular weight is 270 g/mol. The van der Waals surface area contributed by atoms with Gasteiger partial charge < -0.3 is 9.47 Å². The van der Waals surface area contributed by atoms with Crippen LogP contribution in [0.5, 0.6) is 0 Å². The number of benzene rings is 1. The minimum absolute atomic E-state index is 0.873. The molecule has 4 heteroatoms. The largest absolute Gasteiger partial charge is 0.340 e. The molecule has 4 nitrogen and oxygen atoms in total. The number of nitrogens with zero attached hydrogens (tertiary/aromatic N) is 4. The Morgan fingerprint density at radius 1 is 1.05 bits per heavy atom. The molecule has 2 aromatic rings. The number of aromatic nitrogens is 2. The topological polar surface area (TPSA) is 24.3 Å². The first-order chi connectivity index (χ1) is 9.83. The molecule has 2 heterocycles. The van der Waals surface area contributed by atoms with Crippen LogP contribution in [0, 0.1) is 0 Å². The Morgan fingerprint density at radius 3 is 2.45 bits per heavy atom. The van der Waals surface area contributed by atoms with Gasteiger partial charge in [-0.25, -0.2) is 4.98 Å². The zero-order chi connectivity index (χ0) is 13.5. The first-order valence-corrected chi connectivity index (χ1v) is 7.73. The van der Waals surface area contributed by atoms with Gasteiger partial charge in [-0.05, 0) is 25.0 Å². The van der Waals surface area contributed by atoms with Gasteiger partial charge >= 0.3 is 0 Å². The molecule has 106 valence electrons. The third kappa shape index (κ3) is 1.90. The van der Waals surface area contributed by atoms with Gasteiger partial charge in [-0.1, -0.05) is 18.6 Å². The lowest BCUT2D eigenvalue weighted by Gasteiger charge is -2.43. The minimum atomic E-state index is 0.873. The fraction of sp³-hybridized carbons (Fsp3) is 0.562. The van der Waals surface area contributed by atoms with Crippen molar-refractivity contribution in [3.63, 3.8) is 0 Å². The molecule has 1 aromatic heterocycles. The second kappa shape index (κ2) is 4.77. The van der Waals surface area contributed by atoms with E-state index in [4.69, 9.17) is 4.98 Å². The van der Waals surface area contributed by atoms with Crippen LogP contribution in [0.1, 0.15) is 19.3 Å². The summed E-state index contributed by atoms with van der Waals surface area (Å²) >= 11 is 0. The first kappa shape index (κ1) is 12.2. The maximum atomic E-state index is 4.81. The summed E-state index contributed by atoms with van der Waals surface area (Å²) in [5.74, 6) is 1.12. The van der Waals surface area contributed by atoms with Gasteiger partial charge in [0.25, 0.3) is 0 Å². The Morgan fingerprint density at radius 2 is 1.80 bits per heavy atom. The van der Waals surface area contributed by atoms with Crippen molar-refractivity contribution in [1.82, 2.24) is 14.5 Å². The zero-order valence-corrected chi connectivity index (χ0v) is 12.1. The Hall–Kier alpha value is -1.55. The molecule has 1 aromatic carbocycles. The highest BCUT2D eigenvalue weighted by molar-refractivity contribution is 5.78. The number of hydrogen-bond donors (Lipinski definition) is 0. The van der Waals surface area contributed by atoms with Crippen LogP contribution >= 0.6 is 0 Å². The van der Waals surface area contributed by atoms with Gasteiger partial charge in [0, 0.05) is 39.3 Å². The monoisotopic (exact) mass is 270 g/mol. The van der Waals surface area contributed by atoms with E-state index in [9.17, 15) is 0 Å². The van der Waals surface area contributed by atoms with Crippen LogP contribution in [0.15, 0.2) is 24.3 Å². The summed E-state index contributed by atoms with van der Waals surface area (Å²) < 4.78 is 2.23. The van der Waals surface area contributed by atoms with Crippen molar-refractivity contribution in [3.05, 3.63) is 24.3 Å². The first-order valence-electron chi connectivity index (χ1n) is 7.73. The van der Waals surface area contributed by atoms with Gasteiger partial charge in [0.2, 0.25) is 5.95 Å². The molecule has 0 spiro atoms. The summed E-state index contributed by atoms with van der Waals surface area (Å²) in [6.45, 7) is 4.59. The third-order valence-corrected chi connectivity index (χ3v) is 4.95. The van der Waals surface area contributed by atoms with Crippen LogP contribution in [-0.4, -0.2) is 46.7 Å². The van der Waals surface area contributed by atoms with Crippen LogP contribution in [0.2, 0.25) is 0 Å². The minimum Gasteiger partial charge on any atom is -0.340 e. The van der Waals surface area contributed by atoms with E-state index in [1.165, 1.54) is 37.9 Å². The molecular formula is C16H22N4. The van der Waals surface area contributed by atoms with Crippen molar-refractivity contribution >= 4 is 17.0 Å². The highest BCUT2D eigenvalue weighted by atomic mass is 15.4. The number of piperazine rings is 1. The van der Waals surface area contributed by atoms with E-state index in [0.29, 0.717) is 0 Å². The quantitative estimate of drug-likeness (QED) is 0.836. The summed E-state index contributed by atoms with van der Waals surface area (Å²) in [5, 5.41) is 0. The Labute approximate surface area is 120 Å². The van der Waals surface area contributed by atoms with Gasteiger partial charge in [-0.2, -0.15) is 0 Å². The SMILES string of the molecule is Cn1c(N2CCN(C3CCC3)CC2)nc2ccccc21. The lowest BCUT2D eigenvalue weighted by molar-refractivity contribution is 0.120. The molecule has 0 unspecified atom stereocenters. The second-order valence-corrected chi connectivity index (χ2v) is 6.07. The number of anilines is 1. The molecule has 0 radical (unpaired) electrons. The van der Waals surface area contributed by atoms with E-state index < -0.39 is 0 Å². The van der Waals surface area contributed by atoms with Crippen molar-refractivity contribution in [1.29, 1.82) is 0 Å². The number of rotatable bonds is 2. The Bertz CT molecular complexity index is 606. The highest BCUT2D eigenvalue weighted by Crippen LogP contribution is 2.27. The third-order valence-electron chi connectivity index (χ3n) is 4.95. The molecule has 1 saturated heterocycles. The average Bonchev–Trinajstić information content (AvgIpc) is 2.76. The van der Waals surface area contributed by atoms with Crippen LogP contribution in [-0.2, 0) is 7.05 Å². The van der Waals surface area contributed by atoms with Gasteiger partial charge in [-0.3, -0.25) is 4.90 Å². The molecule has 2 aliphatic rings. The zero-order valence-electron chi connectivity index (χ0n) is 12.1. The summed E-state index contributed by atoms with van der Waals surface area (Å²) in [6, 6.07) is 9.27. The molecule has 20 heavy (non-hydrogen) atoms. The smallest absolute Gasteiger partial charge is 0.206 e. The van der Waals surface area contributed by atoms with E-state index in [-0.39, 0.29) is 0 Å². The normalized spacial score (nSPS) is 21.4. The van der Waals surface area contributed by atoms with Gasteiger partial charge in [0.15, 0.2) is 0 Å². The Kier molecular flexibility index (Phi) is 2.91. The number of fused-ring (bicyclic) bond motifs is 1. The van der Waals surface area contributed by atoms with E-state index in [2.05, 4.69) is 45.7 Å². The van der Waals surface area contributed by atoms with Crippen molar-refractivity contribution in [2.75, 3.05) is 31.1 Å². The Balaban J connectivity index is 1.53. The van der Waals surface area contributed by atoms with Crippen molar-refractivity contribution in [2.45, 2.75) is 25.3 Å². The summed E-state index contributed by atoms with van der Waals surface area (Å²) in [7, 11) is 2.13. The van der Waals surface area contributed by atoms with Crippen LogP contribution in [0.25, 0.3) is 11.0 Å². The lowest BCUT2D eigenvalue weighted by Crippen LogP contribution is -2.52. The molecule has 1 aliphatic heterocycles. The molecule has 0 N–H and O–H groups in total. The molecule has 4 rings (SSSR count). The van der Waals surface area contributed by atoms with E-state index in [0.717, 1.165) is 30.6 Å². The molecular weight excluding hydrogens is 248 g/mol. The summed E-state index contributed by atoms with van der Waals surface area (Å²) in [5.41, 5.74) is 2.33. The number of aryl methyl sites for hydroxylation is 1. The van der Waals surface area contributed by atoms with Crippen LogP contribution in [0.3, 0.4) is 0 Å². The lowest BCUT2D eigenvalue weighted by atomic mass is 9.91. The van der Waals surface area contributed by atoms with Gasteiger partial charge in [0.1, 0.15) is 0 Å². The number of imidazole rings is 1. The standard InChI is InChI=1S/C16H22N4/c1-18-15-8-3-2-7-14(15)17-16(18)20-11-9-19(10-12-20)13-5-4-6-13/h2-3,7-8,13H,4-6,9-12H2,1H3. The van der Waals surface area contributed by atoms with E-state index >= 15 is 0 Å². The summed E-state index contributed by atoms with van der Waals surface area (Å²) in [6.07, 6.45) is 4.24. The van der Waals surface area contributed by atoms with Crippen molar-refractivity contribution in [3.8, 4) is 0 Å². The number of para-hydroxylation sites is 2. The van der Waals surface area contributed by atoms with Crippen molar-refractivity contribution < 1.29 is 0 Å². The van der Waals surface area contributed by atoms with E-state index in [1.807, 2.05) is 0 Å². The number of hydrogen-bond acceptors (Lipinski definition) is 3. The van der Waals surface area contributed by atoms with Crippen LogP contribution in [0.4, 0.5) is 5.95 Å². The molecule has 1 aliphatic carbocycles. The predicted molar refractivity (Wildman–Crippen MR) is 82.1 cm³/mol. The second-order valence-electron chi connectivity index (χ2n) is 6.07. The molecule has 0 atom stereocenters. The molecule has 2 fully saturated rings.